The smallest absolute Gasteiger partial charge is 0.368 e. The van der Waals surface area contributed by atoms with Gasteiger partial charge in [0.25, 0.3) is 0 Å². The molecule has 0 saturated heterocycles. The maximum Gasteiger partial charge on any atom is 0.433 e. The highest BCUT2D eigenvalue weighted by molar-refractivity contribution is 5.79. The normalized spacial score (nSPS) is 11.2. The largest absolute Gasteiger partial charge is 0.433 e. The number of aromatic nitrogens is 2. The summed E-state index contributed by atoms with van der Waals surface area (Å²) < 4.78 is 38.1. The van der Waals surface area contributed by atoms with Crippen LogP contribution in [0.1, 0.15) is 12.6 Å². The van der Waals surface area contributed by atoms with E-state index in [9.17, 15) is 18.0 Å². The standard InChI is InChI=1S/C10H14F3N5O/c1-3-15-9-16-6(10(11,12)13)4-8(17-9)18(2)5-7(14)19/h4H,3,5H2,1-2H3,(H2,14,19)(H,15,16,17). The lowest BCUT2D eigenvalue weighted by Gasteiger charge is -2.18. The summed E-state index contributed by atoms with van der Waals surface area (Å²) in [6.07, 6.45) is -4.59. The molecule has 0 saturated carbocycles. The van der Waals surface area contributed by atoms with Crippen LogP contribution in [0.5, 0.6) is 0 Å². The summed E-state index contributed by atoms with van der Waals surface area (Å²) in [4.78, 5) is 19.2. The van der Waals surface area contributed by atoms with Gasteiger partial charge in [-0.3, -0.25) is 4.79 Å². The lowest BCUT2D eigenvalue weighted by atomic mass is 10.3. The van der Waals surface area contributed by atoms with E-state index in [0.29, 0.717) is 6.54 Å². The molecule has 0 radical (unpaired) electrons. The topological polar surface area (TPSA) is 84.1 Å². The molecule has 0 aromatic carbocycles. The molecule has 106 valence electrons. The molecule has 3 N–H and O–H groups in total. The van der Waals surface area contributed by atoms with Crippen molar-refractivity contribution >= 4 is 17.7 Å². The first-order chi connectivity index (χ1) is 8.74. The number of carbonyl (C=O) groups is 1. The highest BCUT2D eigenvalue weighted by atomic mass is 19.4. The van der Waals surface area contributed by atoms with E-state index in [1.54, 1.807) is 6.92 Å². The SMILES string of the molecule is CCNc1nc(N(C)CC(N)=O)cc(C(F)(F)F)n1. The van der Waals surface area contributed by atoms with E-state index in [4.69, 9.17) is 5.73 Å². The van der Waals surface area contributed by atoms with Gasteiger partial charge in [0, 0.05) is 19.7 Å². The van der Waals surface area contributed by atoms with Crippen molar-refractivity contribution in [2.45, 2.75) is 13.1 Å². The quantitative estimate of drug-likeness (QED) is 0.833. The molecule has 1 aromatic heterocycles. The van der Waals surface area contributed by atoms with Crippen molar-refractivity contribution in [2.75, 3.05) is 30.4 Å². The molecule has 1 rings (SSSR count). The van der Waals surface area contributed by atoms with Crippen molar-refractivity contribution in [2.24, 2.45) is 5.73 Å². The van der Waals surface area contributed by atoms with Crippen LogP contribution in [0.3, 0.4) is 0 Å². The van der Waals surface area contributed by atoms with Gasteiger partial charge in [-0.05, 0) is 6.92 Å². The number of nitrogens with two attached hydrogens (primary N) is 1. The first-order valence-electron chi connectivity index (χ1n) is 5.43. The third-order valence-electron chi connectivity index (χ3n) is 2.12. The van der Waals surface area contributed by atoms with Crippen LogP contribution in [0.2, 0.25) is 0 Å². The Labute approximate surface area is 107 Å². The number of hydrogen-bond acceptors (Lipinski definition) is 5. The van der Waals surface area contributed by atoms with Gasteiger partial charge >= 0.3 is 6.18 Å². The number of carbonyl (C=O) groups excluding carboxylic acids is 1. The van der Waals surface area contributed by atoms with Crippen molar-refractivity contribution in [1.82, 2.24) is 9.97 Å². The monoisotopic (exact) mass is 277 g/mol. The van der Waals surface area contributed by atoms with Gasteiger partial charge in [-0.1, -0.05) is 0 Å². The molecule has 1 amide bonds. The molecule has 6 nitrogen and oxygen atoms in total. The Balaban J connectivity index is 3.16. The number of nitrogens with one attached hydrogen (secondary N) is 1. The number of rotatable bonds is 5. The fourth-order valence-electron chi connectivity index (χ4n) is 1.33. The van der Waals surface area contributed by atoms with Gasteiger partial charge in [0.2, 0.25) is 11.9 Å². The van der Waals surface area contributed by atoms with Crippen LogP contribution in [0.15, 0.2) is 6.07 Å². The van der Waals surface area contributed by atoms with Crippen LogP contribution in [-0.2, 0) is 11.0 Å². The van der Waals surface area contributed by atoms with E-state index in [-0.39, 0.29) is 18.3 Å². The van der Waals surface area contributed by atoms with E-state index in [1.165, 1.54) is 11.9 Å². The first-order valence-corrected chi connectivity index (χ1v) is 5.43. The Kier molecular flexibility index (Phi) is 4.52. The van der Waals surface area contributed by atoms with E-state index in [0.717, 1.165) is 6.07 Å². The Morgan fingerprint density at radius 3 is 2.58 bits per heavy atom. The number of halogens is 3. The Bertz CT molecular complexity index is 463. The number of likely N-dealkylation sites (N-methyl/N-ethyl adjacent to an activating group) is 1. The molecule has 19 heavy (non-hydrogen) atoms. The minimum absolute atomic E-state index is 0.0305. The third kappa shape index (κ3) is 4.27. The summed E-state index contributed by atoms with van der Waals surface area (Å²) >= 11 is 0. The fourth-order valence-corrected chi connectivity index (χ4v) is 1.33. The second-order valence-corrected chi connectivity index (χ2v) is 3.79. The average Bonchev–Trinajstić information content (AvgIpc) is 2.27. The van der Waals surface area contributed by atoms with Gasteiger partial charge < -0.3 is 16.0 Å². The van der Waals surface area contributed by atoms with Crippen molar-refractivity contribution in [3.63, 3.8) is 0 Å². The molecular weight excluding hydrogens is 263 g/mol. The minimum Gasteiger partial charge on any atom is -0.368 e. The average molecular weight is 277 g/mol. The van der Waals surface area contributed by atoms with E-state index in [1.807, 2.05) is 0 Å². The minimum atomic E-state index is -4.59. The summed E-state index contributed by atoms with van der Waals surface area (Å²) in [6, 6.07) is 0.768. The summed E-state index contributed by atoms with van der Waals surface area (Å²) in [6.45, 7) is 1.84. The summed E-state index contributed by atoms with van der Waals surface area (Å²) in [5, 5.41) is 2.60. The predicted octanol–water partition coefficient (Wildman–Crippen LogP) is 0.849. The first kappa shape index (κ1) is 15.0. The maximum absolute atomic E-state index is 12.7. The van der Waals surface area contributed by atoms with Gasteiger partial charge in [0.15, 0.2) is 5.69 Å². The molecule has 0 bridgehead atoms. The molecule has 1 aromatic rings. The van der Waals surface area contributed by atoms with Crippen molar-refractivity contribution in [1.29, 1.82) is 0 Å². The molecule has 0 fully saturated rings. The van der Waals surface area contributed by atoms with Crippen LogP contribution in [0, 0.1) is 0 Å². The van der Waals surface area contributed by atoms with Crippen molar-refractivity contribution < 1.29 is 18.0 Å². The van der Waals surface area contributed by atoms with E-state index < -0.39 is 17.8 Å². The lowest BCUT2D eigenvalue weighted by molar-refractivity contribution is -0.141. The van der Waals surface area contributed by atoms with Crippen LogP contribution < -0.4 is 16.0 Å². The summed E-state index contributed by atoms with van der Waals surface area (Å²) in [5.41, 5.74) is 3.91. The van der Waals surface area contributed by atoms with E-state index >= 15 is 0 Å². The molecular formula is C10H14F3N5O. The lowest BCUT2D eigenvalue weighted by Crippen LogP contribution is -2.31. The summed E-state index contributed by atoms with van der Waals surface area (Å²) in [5.74, 6) is -0.847. The van der Waals surface area contributed by atoms with Crippen LogP contribution in [0.4, 0.5) is 24.9 Å². The number of primary amides is 1. The van der Waals surface area contributed by atoms with Gasteiger partial charge in [0.1, 0.15) is 5.82 Å². The maximum atomic E-state index is 12.7. The number of amides is 1. The highest BCUT2D eigenvalue weighted by Crippen LogP contribution is 2.30. The molecule has 9 heteroatoms. The predicted molar refractivity (Wildman–Crippen MR) is 63.7 cm³/mol. The number of nitrogens with zero attached hydrogens (tertiary/aromatic N) is 3. The van der Waals surface area contributed by atoms with Gasteiger partial charge in [0.05, 0.1) is 6.54 Å². The third-order valence-corrected chi connectivity index (χ3v) is 2.12. The molecule has 0 aliphatic carbocycles. The Hall–Kier alpha value is -2.06. The molecule has 0 atom stereocenters. The molecule has 1 heterocycles. The fraction of sp³-hybridized carbons (Fsp3) is 0.500. The second kappa shape index (κ2) is 5.72. The van der Waals surface area contributed by atoms with Gasteiger partial charge in [-0.15, -0.1) is 0 Å². The summed E-state index contributed by atoms with van der Waals surface area (Å²) in [7, 11) is 1.42. The second-order valence-electron chi connectivity index (χ2n) is 3.79. The number of hydrogen-bond donors (Lipinski definition) is 2. The van der Waals surface area contributed by atoms with Gasteiger partial charge in [-0.25, -0.2) is 4.98 Å². The molecule has 0 unspecified atom stereocenters. The van der Waals surface area contributed by atoms with Crippen LogP contribution >= 0.6 is 0 Å². The van der Waals surface area contributed by atoms with Crippen LogP contribution in [-0.4, -0.2) is 36.0 Å². The zero-order valence-electron chi connectivity index (χ0n) is 10.5. The zero-order valence-corrected chi connectivity index (χ0v) is 10.5. The van der Waals surface area contributed by atoms with E-state index in [2.05, 4.69) is 15.3 Å². The Morgan fingerprint density at radius 2 is 2.11 bits per heavy atom. The van der Waals surface area contributed by atoms with Crippen molar-refractivity contribution in [3.8, 4) is 0 Å². The Morgan fingerprint density at radius 1 is 1.47 bits per heavy atom. The zero-order chi connectivity index (χ0) is 14.6. The van der Waals surface area contributed by atoms with Crippen LogP contribution in [0.25, 0.3) is 0 Å². The molecule has 0 aliphatic rings. The van der Waals surface area contributed by atoms with Crippen molar-refractivity contribution in [3.05, 3.63) is 11.8 Å². The number of alkyl halides is 3. The highest BCUT2D eigenvalue weighted by Gasteiger charge is 2.34. The number of anilines is 2. The molecule has 0 spiro atoms. The molecule has 0 aliphatic heterocycles. The van der Waals surface area contributed by atoms with Gasteiger partial charge in [-0.2, -0.15) is 18.2 Å².